The van der Waals surface area contributed by atoms with Crippen LogP contribution in [0.3, 0.4) is 0 Å². The summed E-state index contributed by atoms with van der Waals surface area (Å²) in [6.45, 7) is 10.6. The SMILES string of the molecule is C=C(CCCCCCCCC)OC(COPOCC[N+](C)(C)C)COC(=O)CCCCCCCCC. The quantitative estimate of drug-likeness (QED) is 0.0353. The topological polar surface area (TPSA) is 54.0 Å². The fourth-order valence-corrected chi connectivity index (χ4v) is 4.22. The van der Waals surface area contributed by atoms with E-state index in [4.69, 9.17) is 18.5 Å². The van der Waals surface area contributed by atoms with Gasteiger partial charge in [0, 0.05) is 12.8 Å². The minimum Gasteiger partial charge on any atom is -0.489 e. The average molecular weight is 533 g/mol. The van der Waals surface area contributed by atoms with Crippen LogP contribution in [0.25, 0.3) is 0 Å². The van der Waals surface area contributed by atoms with Gasteiger partial charge in [0.15, 0.2) is 15.1 Å². The van der Waals surface area contributed by atoms with Crippen LogP contribution < -0.4 is 0 Å². The van der Waals surface area contributed by atoms with Crippen molar-refractivity contribution in [3.63, 3.8) is 0 Å². The number of hydrogen-bond acceptors (Lipinski definition) is 5. The number of carbonyl (C=O) groups is 1. The molecular formula is C29H59NO5P+. The van der Waals surface area contributed by atoms with E-state index in [2.05, 4.69) is 41.6 Å². The highest BCUT2D eigenvalue weighted by Crippen LogP contribution is 2.18. The monoisotopic (exact) mass is 532 g/mol. The van der Waals surface area contributed by atoms with Crippen molar-refractivity contribution in [3.8, 4) is 0 Å². The number of esters is 1. The Morgan fingerprint density at radius 1 is 0.750 bits per heavy atom. The molecule has 0 spiro atoms. The predicted molar refractivity (Wildman–Crippen MR) is 153 cm³/mol. The predicted octanol–water partition coefficient (Wildman–Crippen LogP) is 7.96. The Morgan fingerprint density at radius 2 is 1.28 bits per heavy atom. The van der Waals surface area contributed by atoms with Crippen molar-refractivity contribution in [2.24, 2.45) is 0 Å². The summed E-state index contributed by atoms with van der Waals surface area (Å²) in [5, 5.41) is 0. The van der Waals surface area contributed by atoms with E-state index in [0.29, 0.717) is 19.6 Å². The number of quaternary nitrogens is 1. The van der Waals surface area contributed by atoms with Crippen LogP contribution in [0.4, 0.5) is 0 Å². The second-order valence-corrected chi connectivity index (χ2v) is 11.7. The van der Waals surface area contributed by atoms with Gasteiger partial charge in [-0.1, -0.05) is 97.5 Å². The maximum Gasteiger partial charge on any atom is 0.305 e. The molecule has 0 aliphatic rings. The van der Waals surface area contributed by atoms with Crippen LogP contribution in [-0.2, 0) is 23.3 Å². The lowest BCUT2D eigenvalue weighted by Crippen LogP contribution is -2.37. The number of unbranched alkanes of at least 4 members (excludes halogenated alkanes) is 12. The third kappa shape index (κ3) is 26.4. The average Bonchev–Trinajstić information content (AvgIpc) is 2.82. The second kappa shape index (κ2) is 24.6. The highest BCUT2D eigenvalue weighted by Gasteiger charge is 2.16. The number of rotatable bonds is 27. The van der Waals surface area contributed by atoms with E-state index >= 15 is 0 Å². The number of hydrogen-bond donors (Lipinski definition) is 0. The first kappa shape index (κ1) is 35.3. The summed E-state index contributed by atoms with van der Waals surface area (Å²) in [7, 11) is 6.35. The molecule has 0 radical (unpaired) electrons. The van der Waals surface area contributed by atoms with Crippen molar-refractivity contribution in [2.45, 2.75) is 123 Å². The van der Waals surface area contributed by atoms with E-state index in [1.54, 1.807) is 0 Å². The summed E-state index contributed by atoms with van der Waals surface area (Å²) in [4.78, 5) is 12.2. The van der Waals surface area contributed by atoms with E-state index < -0.39 is 0 Å². The van der Waals surface area contributed by atoms with Crippen LogP contribution in [0.15, 0.2) is 12.3 Å². The van der Waals surface area contributed by atoms with Gasteiger partial charge in [0.1, 0.15) is 19.8 Å². The molecule has 0 bridgehead atoms. The Morgan fingerprint density at radius 3 is 1.83 bits per heavy atom. The largest absolute Gasteiger partial charge is 0.489 e. The van der Waals surface area contributed by atoms with Crippen LogP contribution in [-0.4, -0.2) is 64.1 Å². The minimum atomic E-state index is -0.352. The molecule has 0 rings (SSSR count). The molecule has 0 N–H and O–H groups in total. The van der Waals surface area contributed by atoms with Crippen LogP contribution >= 0.6 is 9.03 Å². The first-order chi connectivity index (χ1) is 17.3. The Bertz CT molecular complexity index is 524. The Hall–Kier alpha value is -0.680. The van der Waals surface area contributed by atoms with Crippen LogP contribution in [0.5, 0.6) is 0 Å². The summed E-state index contributed by atoms with van der Waals surface area (Å²) in [5.74, 6) is 0.589. The summed E-state index contributed by atoms with van der Waals surface area (Å²) >= 11 is 0. The van der Waals surface area contributed by atoms with E-state index in [9.17, 15) is 4.79 Å². The Balaban J connectivity index is 4.26. The Kier molecular flexibility index (Phi) is 24.2. The molecule has 214 valence electrons. The molecule has 0 saturated carbocycles. The molecular weight excluding hydrogens is 473 g/mol. The zero-order valence-corrected chi connectivity index (χ0v) is 25.4. The molecule has 7 heteroatoms. The molecule has 36 heavy (non-hydrogen) atoms. The first-order valence-electron chi connectivity index (χ1n) is 14.6. The zero-order valence-electron chi connectivity index (χ0n) is 24.4. The molecule has 2 atom stereocenters. The third-order valence-electron chi connectivity index (χ3n) is 6.06. The van der Waals surface area contributed by atoms with Crippen molar-refractivity contribution >= 4 is 15.0 Å². The van der Waals surface area contributed by atoms with Gasteiger partial charge >= 0.3 is 5.97 Å². The van der Waals surface area contributed by atoms with Crippen molar-refractivity contribution in [2.75, 3.05) is 47.5 Å². The molecule has 0 aromatic carbocycles. The summed E-state index contributed by atoms with van der Waals surface area (Å²) in [6.07, 6.45) is 18.0. The minimum absolute atomic E-state index is 0.0538. The molecule has 0 fully saturated rings. The van der Waals surface area contributed by atoms with Crippen molar-refractivity contribution in [3.05, 3.63) is 12.3 Å². The lowest BCUT2D eigenvalue weighted by atomic mass is 10.1. The maximum atomic E-state index is 12.2. The van der Waals surface area contributed by atoms with E-state index in [-0.39, 0.29) is 27.7 Å². The standard InChI is InChI=1S/C29H59NO5P/c1-7-9-11-13-15-17-19-21-27(3)35-28(26-34-36-33-24-23-30(4,5)6)25-32-29(31)22-20-18-16-14-12-10-8-2/h28,36H,3,7-26H2,1-2,4-6H3/q+1. The molecule has 0 aliphatic carbocycles. The van der Waals surface area contributed by atoms with E-state index in [1.807, 2.05) is 0 Å². The fourth-order valence-electron chi connectivity index (χ4n) is 3.70. The molecule has 0 aromatic heterocycles. The zero-order chi connectivity index (χ0) is 26.9. The molecule has 0 aromatic rings. The number of ether oxygens (including phenoxy) is 2. The van der Waals surface area contributed by atoms with Gasteiger partial charge in [0.2, 0.25) is 0 Å². The van der Waals surface area contributed by atoms with Crippen molar-refractivity contribution in [1.29, 1.82) is 0 Å². The van der Waals surface area contributed by atoms with E-state index in [0.717, 1.165) is 42.5 Å². The summed E-state index contributed by atoms with van der Waals surface area (Å²) in [6, 6.07) is 0. The van der Waals surface area contributed by atoms with Gasteiger partial charge < -0.3 is 23.0 Å². The normalized spacial score (nSPS) is 12.8. The number of likely N-dealkylation sites (N-methyl/N-ethyl adjacent to an activating group) is 1. The highest BCUT2D eigenvalue weighted by atomic mass is 31.1. The summed E-state index contributed by atoms with van der Waals surface area (Å²) < 4.78 is 23.7. The molecule has 2 unspecified atom stereocenters. The molecule has 0 aliphatic heterocycles. The lowest BCUT2D eigenvalue weighted by molar-refractivity contribution is -0.870. The van der Waals surface area contributed by atoms with Gasteiger partial charge in [-0.05, 0) is 12.8 Å². The Labute approximate surface area is 225 Å². The van der Waals surface area contributed by atoms with Gasteiger partial charge in [-0.25, -0.2) is 0 Å². The third-order valence-corrected chi connectivity index (χ3v) is 6.66. The van der Waals surface area contributed by atoms with Gasteiger partial charge in [-0.15, -0.1) is 0 Å². The van der Waals surface area contributed by atoms with E-state index in [1.165, 1.54) is 70.6 Å². The molecule has 0 amide bonds. The van der Waals surface area contributed by atoms with Gasteiger partial charge in [-0.2, -0.15) is 0 Å². The molecule has 6 nitrogen and oxygen atoms in total. The summed E-state index contributed by atoms with van der Waals surface area (Å²) in [5.41, 5.74) is 0. The number of nitrogens with zero attached hydrogens (tertiary/aromatic N) is 1. The van der Waals surface area contributed by atoms with Crippen LogP contribution in [0.1, 0.15) is 117 Å². The highest BCUT2D eigenvalue weighted by molar-refractivity contribution is 7.26. The van der Waals surface area contributed by atoms with Gasteiger partial charge in [0.25, 0.3) is 0 Å². The van der Waals surface area contributed by atoms with Gasteiger partial charge in [0.05, 0.1) is 33.5 Å². The van der Waals surface area contributed by atoms with Gasteiger partial charge in [-0.3, -0.25) is 4.79 Å². The lowest BCUT2D eigenvalue weighted by Gasteiger charge is -2.23. The maximum absolute atomic E-state index is 12.2. The van der Waals surface area contributed by atoms with Crippen molar-refractivity contribution < 1.29 is 27.8 Å². The molecule has 0 saturated heterocycles. The second-order valence-electron chi connectivity index (χ2n) is 11.0. The smallest absolute Gasteiger partial charge is 0.305 e. The first-order valence-corrected chi connectivity index (χ1v) is 15.4. The molecule has 0 heterocycles. The number of allylic oxidation sites excluding steroid dienone is 1. The van der Waals surface area contributed by atoms with Crippen molar-refractivity contribution in [1.82, 2.24) is 0 Å². The number of carbonyl (C=O) groups excluding carboxylic acids is 1. The van der Waals surface area contributed by atoms with Crippen LogP contribution in [0, 0.1) is 0 Å². The van der Waals surface area contributed by atoms with Crippen LogP contribution in [0.2, 0.25) is 0 Å². The fraction of sp³-hybridized carbons (Fsp3) is 0.897.